The van der Waals surface area contributed by atoms with E-state index in [9.17, 15) is 4.79 Å². The van der Waals surface area contributed by atoms with Gasteiger partial charge in [0.2, 0.25) is 5.91 Å². The molecule has 1 saturated heterocycles. The van der Waals surface area contributed by atoms with Crippen LogP contribution in [-0.4, -0.2) is 28.1 Å². The molecule has 0 aliphatic carbocycles. The average Bonchev–Trinajstić information content (AvgIpc) is 3.04. The molecule has 6 heteroatoms. The monoisotopic (exact) mass is 368 g/mol. The van der Waals surface area contributed by atoms with Gasteiger partial charge in [0.1, 0.15) is 5.37 Å². The maximum Gasteiger partial charge on any atom is 0.233 e. The summed E-state index contributed by atoms with van der Waals surface area (Å²) in [6.45, 7) is 0.748. The van der Waals surface area contributed by atoms with Gasteiger partial charge in [-0.05, 0) is 46.1 Å². The first-order valence-electron chi connectivity index (χ1n) is 6.29. The predicted molar refractivity (Wildman–Crippen MR) is 86.9 cm³/mol. The van der Waals surface area contributed by atoms with E-state index < -0.39 is 0 Å². The van der Waals surface area contributed by atoms with Crippen molar-refractivity contribution >= 4 is 44.9 Å². The van der Waals surface area contributed by atoms with Gasteiger partial charge in [0.25, 0.3) is 0 Å². The summed E-state index contributed by atoms with van der Waals surface area (Å²) in [7, 11) is 0. The highest BCUT2D eigenvalue weighted by atomic mass is 79.9. The lowest BCUT2D eigenvalue weighted by atomic mass is 10.2. The zero-order chi connectivity index (χ0) is 13.9. The van der Waals surface area contributed by atoms with Crippen LogP contribution in [0.5, 0.6) is 0 Å². The fourth-order valence-electron chi connectivity index (χ4n) is 2.19. The number of thiophene rings is 1. The van der Waals surface area contributed by atoms with Gasteiger partial charge in [-0.2, -0.15) is 0 Å². The van der Waals surface area contributed by atoms with Gasteiger partial charge < -0.3 is 4.90 Å². The van der Waals surface area contributed by atoms with Crippen LogP contribution < -0.4 is 0 Å². The van der Waals surface area contributed by atoms with Gasteiger partial charge in [-0.15, -0.1) is 23.1 Å². The Balaban J connectivity index is 1.71. The van der Waals surface area contributed by atoms with Crippen LogP contribution >= 0.6 is 39.0 Å². The SMILES string of the molecule is O=C1CSC(c2ccc(Br)s2)N1CCc1cccnc1. The van der Waals surface area contributed by atoms with Gasteiger partial charge >= 0.3 is 0 Å². The van der Waals surface area contributed by atoms with E-state index in [2.05, 4.69) is 33.0 Å². The molecule has 1 fully saturated rings. The van der Waals surface area contributed by atoms with Gasteiger partial charge in [-0.1, -0.05) is 6.07 Å². The number of amides is 1. The van der Waals surface area contributed by atoms with E-state index in [-0.39, 0.29) is 11.3 Å². The number of aromatic nitrogens is 1. The molecule has 1 atom stereocenters. The molecule has 104 valence electrons. The summed E-state index contributed by atoms with van der Waals surface area (Å²) in [5, 5.41) is 0.162. The van der Waals surface area contributed by atoms with E-state index in [1.807, 2.05) is 23.2 Å². The number of rotatable bonds is 4. The van der Waals surface area contributed by atoms with Crippen molar-refractivity contribution in [1.29, 1.82) is 0 Å². The first-order valence-corrected chi connectivity index (χ1v) is 8.95. The molecule has 1 aliphatic heterocycles. The number of thioether (sulfide) groups is 1. The maximum absolute atomic E-state index is 12.1. The largest absolute Gasteiger partial charge is 0.325 e. The molecule has 3 heterocycles. The normalized spacial score (nSPS) is 18.8. The summed E-state index contributed by atoms with van der Waals surface area (Å²) in [6, 6.07) is 8.13. The van der Waals surface area contributed by atoms with Crippen LogP contribution in [0.15, 0.2) is 40.4 Å². The molecule has 3 nitrogen and oxygen atoms in total. The van der Waals surface area contributed by atoms with Crippen molar-refractivity contribution in [3.63, 3.8) is 0 Å². The Morgan fingerprint density at radius 2 is 2.30 bits per heavy atom. The van der Waals surface area contributed by atoms with E-state index >= 15 is 0 Å². The molecule has 2 aromatic heterocycles. The standard InChI is InChI=1S/C14H13BrN2OS2/c15-12-4-3-11(20-12)14-17(13(18)9-19-14)7-5-10-2-1-6-16-8-10/h1-4,6,8,14H,5,7,9H2. The molecule has 2 aromatic rings. The quantitative estimate of drug-likeness (QED) is 0.824. The number of hydrogen-bond acceptors (Lipinski definition) is 4. The van der Waals surface area contributed by atoms with Crippen LogP contribution in [0, 0.1) is 0 Å². The number of carbonyl (C=O) groups excluding carboxylic acids is 1. The average molecular weight is 369 g/mol. The Kier molecular flexibility index (Phi) is 4.43. The molecule has 1 amide bonds. The van der Waals surface area contributed by atoms with Crippen LogP contribution in [0.2, 0.25) is 0 Å². The molecule has 0 spiro atoms. The van der Waals surface area contributed by atoms with Crippen LogP contribution in [0.25, 0.3) is 0 Å². The lowest BCUT2D eigenvalue weighted by molar-refractivity contribution is -0.127. The molecule has 0 N–H and O–H groups in total. The third-order valence-electron chi connectivity index (χ3n) is 3.17. The summed E-state index contributed by atoms with van der Waals surface area (Å²) in [5.74, 6) is 0.807. The van der Waals surface area contributed by atoms with Gasteiger partial charge in [0.05, 0.1) is 9.54 Å². The number of pyridine rings is 1. The topological polar surface area (TPSA) is 33.2 Å². The Morgan fingerprint density at radius 3 is 3.00 bits per heavy atom. The van der Waals surface area contributed by atoms with Gasteiger partial charge in [-0.25, -0.2) is 0 Å². The molecule has 0 aromatic carbocycles. The van der Waals surface area contributed by atoms with Crippen molar-refractivity contribution in [1.82, 2.24) is 9.88 Å². The first-order chi connectivity index (χ1) is 9.74. The van der Waals surface area contributed by atoms with Crippen LogP contribution in [0.3, 0.4) is 0 Å². The van der Waals surface area contributed by atoms with E-state index in [1.165, 1.54) is 10.4 Å². The van der Waals surface area contributed by atoms with Crippen molar-refractivity contribution in [3.8, 4) is 0 Å². The van der Waals surface area contributed by atoms with Crippen molar-refractivity contribution < 1.29 is 4.79 Å². The van der Waals surface area contributed by atoms with Crippen molar-refractivity contribution in [2.45, 2.75) is 11.8 Å². The second kappa shape index (κ2) is 6.28. The zero-order valence-electron chi connectivity index (χ0n) is 10.7. The minimum atomic E-state index is 0.162. The highest BCUT2D eigenvalue weighted by Gasteiger charge is 2.33. The van der Waals surface area contributed by atoms with E-state index in [4.69, 9.17) is 0 Å². The summed E-state index contributed by atoms with van der Waals surface area (Å²) >= 11 is 6.90. The molecule has 0 bridgehead atoms. The van der Waals surface area contributed by atoms with Gasteiger partial charge in [-0.3, -0.25) is 9.78 Å². The number of halogens is 1. The predicted octanol–water partition coefficient (Wildman–Crippen LogP) is 3.72. The Bertz CT molecular complexity index is 602. The lowest BCUT2D eigenvalue weighted by Gasteiger charge is -2.22. The third-order valence-corrected chi connectivity index (χ3v) is 6.23. The second-order valence-electron chi connectivity index (χ2n) is 4.50. The van der Waals surface area contributed by atoms with Crippen LogP contribution in [-0.2, 0) is 11.2 Å². The number of hydrogen-bond donors (Lipinski definition) is 0. The smallest absolute Gasteiger partial charge is 0.233 e. The summed E-state index contributed by atoms with van der Waals surface area (Å²) in [4.78, 5) is 19.4. The lowest BCUT2D eigenvalue weighted by Crippen LogP contribution is -2.30. The molecular weight excluding hydrogens is 356 g/mol. The minimum absolute atomic E-state index is 0.162. The first kappa shape index (κ1) is 14.1. The molecule has 0 radical (unpaired) electrons. The number of carbonyl (C=O) groups is 1. The molecule has 0 saturated carbocycles. The third kappa shape index (κ3) is 3.07. The van der Waals surface area contributed by atoms with Crippen molar-refractivity contribution in [3.05, 3.63) is 50.9 Å². The highest BCUT2D eigenvalue weighted by Crippen LogP contribution is 2.42. The molecule has 3 rings (SSSR count). The Hall–Kier alpha value is -0.850. The fourth-order valence-corrected chi connectivity index (χ4v) is 5.07. The van der Waals surface area contributed by atoms with E-state index in [0.29, 0.717) is 5.75 Å². The van der Waals surface area contributed by atoms with Gasteiger partial charge in [0, 0.05) is 23.8 Å². The molecule has 1 aliphatic rings. The van der Waals surface area contributed by atoms with Crippen molar-refractivity contribution in [2.24, 2.45) is 0 Å². The Morgan fingerprint density at radius 1 is 1.40 bits per heavy atom. The van der Waals surface area contributed by atoms with E-state index in [0.717, 1.165) is 16.8 Å². The molecule has 20 heavy (non-hydrogen) atoms. The second-order valence-corrected chi connectivity index (χ2v) is 8.07. The minimum Gasteiger partial charge on any atom is -0.325 e. The fraction of sp³-hybridized carbons (Fsp3) is 0.286. The van der Waals surface area contributed by atoms with Crippen molar-refractivity contribution in [2.75, 3.05) is 12.3 Å². The summed E-state index contributed by atoms with van der Waals surface area (Å²) < 4.78 is 1.11. The molecular formula is C14H13BrN2OS2. The number of nitrogens with zero attached hydrogens (tertiary/aromatic N) is 2. The maximum atomic E-state index is 12.1. The van der Waals surface area contributed by atoms with Gasteiger partial charge in [0.15, 0.2) is 0 Å². The summed E-state index contributed by atoms with van der Waals surface area (Å²) in [6.07, 6.45) is 4.49. The highest BCUT2D eigenvalue weighted by molar-refractivity contribution is 9.11. The van der Waals surface area contributed by atoms with E-state index in [1.54, 1.807) is 29.3 Å². The van der Waals surface area contributed by atoms with Crippen LogP contribution in [0.1, 0.15) is 15.8 Å². The zero-order valence-corrected chi connectivity index (χ0v) is 13.9. The Labute approximate surface area is 134 Å². The van der Waals surface area contributed by atoms with Crippen LogP contribution in [0.4, 0.5) is 0 Å². The summed E-state index contributed by atoms with van der Waals surface area (Å²) in [5.41, 5.74) is 1.17. The molecule has 1 unspecified atom stereocenters.